The Balaban J connectivity index is 1.44. The monoisotopic (exact) mass is 785 g/mol. The number of alkyl halides is 6. The van der Waals surface area contributed by atoms with Crippen molar-refractivity contribution in [2.24, 2.45) is 0 Å². The van der Waals surface area contributed by atoms with Crippen molar-refractivity contribution >= 4 is 29.2 Å². The van der Waals surface area contributed by atoms with Gasteiger partial charge < -0.3 is 5.32 Å². The fourth-order valence-electron chi connectivity index (χ4n) is 6.91. The number of benzene rings is 4. The van der Waals surface area contributed by atoms with E-state index in [9.17, 15) is 35.9 Å². The van der Waals surface area contributed by atoms with Gasteiger partial charge in [-0.15, -0.1) is 0 Å². The lowest BCUT2D eigenvalue weighted by Crippen LogP contribution is -2.36. The number of hydrogen-bond donors (Lipinski definition) is 2. The number of nitrogens with one attached hydrogen (secondary N) is 2. The molecule has 3 amide bonds. The quantitative estimate of drug-likeness (QED) is 0.154. The van der Waals surface area contributed by atoms with Crippen LogP contribution >= 0.6 is 11.6 Å². The van der Waals surface area contributed by atoms with Crippen LogP contribution in [0, 0.1) is 5.82 Å². The lowest BCUT2D eigenvalue weighted by Gasteiger charge is -2.33. The molecule has 0 atom stereocenters. The van der Waals surface area contributed by atoms with E-state index < -0.39 is 53.3 Å². The number of hydrogen-bond acceptors (Lipinski definition) is 4. The minimum absolute atomic E-state index is 0.0267. The largest absolute Gasteiger partial charge is 0.416 e. The number of imide groups is 1. The van der Waals surface area contributed by atoms with Crippen LogP contribution < -0.4 is 10.6 Å². The van der Waals surface area contributed by atoms with Gasteiger partial charge in [-0.1, -0.05) is 67.9 Å². The average Bonchev–Trinajstić information content (AvgIpc) is 3.61. The van der Waals surface area contributed by atoms with Gasteiger partial charge in [-0.05, 0) is 79.8 Å². The summed E-state index contributed by atoms with van der Waals surface area (Å²) in [5.41, 5.74) is -0.601. The second kappa shape index (κ2) is 14.8. The minimum Gasteiger partial charge on any atom is -0.306 e. The van der Waals surface area contributed by atoms with Crippen molar-refractivity contribution in [2.45, 2.75) is 71.5 Å². The summed E-state index contributed by atoms with van der Waals surface area (Å²) in [6.07, 6.45) is -8.89. The number of carbonyl (C=O) groups is 2. The summed E-state index contributed by atoms with van der Waals surface area (Å²) in [6.45, 7) is 6.92. The molecule has 0 saturated heterocycles. The van der Waals surface area contributed by atoms with Crippen molar-refractivity contribution < 1.29 is 40.3 Å². The van der Waals surface area contributed by atoms with Gasteiger partial charge in [0, 0.05) is 29.8 Å². The van der Waals surface area contributed by atoms with Gasteiger partial charge in [0.25, 0.3) is 5.91 Å². The second-order valence-electron chi connectivity index (χ2n) is 13.6. The zero-order valence-corrected chi connectivity index (χ0v) is 30.8. The molecule has 55 heavy (non-hydrogen) atoms. The number of rotatable bonds is 8. The van der Waals surface area contributed by atoms with E-state index in [-0.39, 0.29) is 45.7 Å². The first-order chi connectivity index (χ1) is 25.8. The van der Waals surface area contributed by atoms with Crippen molar-refractivity contribution in [3.05, 3.63) is 134 Å². The first-order valence-electron chi connectivity index (χ1n) is 17.3. The Morgan fingerprint density at radius 1 is 0.855 bits per heavy atom. The molecule has 5 aromatic rings. The zero-order chi connectivity index (χ0) is 40.0. The van der Waals surface area contributed by atoms with Gasteiger partial charge in [0.1, 0.15) is 5.82 Å². The Hall–Kier alpha value is -5.21. The molecule has 2 heterocycles. The van der Waals surface area contributed by atoms with Gasteiger partial charge in [0.05, 0.1) is 44.5 Å². The third kappa shape index (κ3) is 7.70. The number of aromatic nitrogens is 2. The predicted molar refractivity (Wildman–Crippen MR) is 194 cm³/mol. The van der Waals surface area contributed by atoms with Gasteiger partial charge >= 0.3 is 18.4 Å². The number of fused-ring (bicyclic) bond motifs is 1. The molecule has 0 spiro atoms. The third-order valence-corrected chi connectivity index (χ3v) is 10.1. The van der Waals surface area contributed by atoms with Gasteiger partial charge in [0.15, 0.2) is 0 Å². The number of nitrogens with zero attached hydrogens (tertiary/aromatic N) is 3. The number of para-hydroxylation sites is 1. The molecule has 288 valence electrons. The van der Waals surface area contributed by atoms with Crippen molar-refractivity contribution in [1.29, 1.82) is 0 Å². The molecule has 0 fully saturated rings. The molecule has 2 N–H and O–H groups in total. The second-order valence-corrected chi connectivity index (χ2v) is 14.0. The summed E-state index contributed by atoms with van der Waals surface area (Å²) in [7, 11) is 0. The van der Waals surface area contributed by atoms with Gasteiger partial charge in [0.2, 0.25) is 0 Å². The van der Waals surface area contributed by atoms with Crippen molar-refractivity contribution in [3.63, 3.8) is 0 Å². The standard InChI is InChI=1S/C40H35ClF7N5O2/c1-5-22-13-10-14-23(6-2)33(22)53-34(27-18-30(41)32(19-31(27)42)49-37(55)50-36(54)24-11-8-7-9-12-24)28-21-52(38(3,4)35(28)51-53)20-25-15-16-26(39(43,44)45)17-29(25)40(46,47)48/h7-19H,5-6,20-21H2,1-4H3,(H2,49,50,54,55). The smallest absolute Gasteiger partial charge is 0.306 e. The maximum absolute atomic E-state index is 16.5. The van der Waals surface area contributed by atoms with Crippen LogP contribution in [0.2, 0.25) is 5.02 Å². The fraction of sp³-hybridized carbons (Fsp3) is 0.275. The summed E-state index contributed by atoms with van der Waals surface area (Å²) in [5, 5.41) is 9.47. The molecule has 0 unspecified atom stereocenters. The molecule has 4 aromatic carbocycles. The van der Waals surface area contributed by atoms with Gasteiger partial charge in [-0.25, -0.2) is 13.9 Å². The highest BCUT2D eigenvalue weighted by Crippen LogP contribution is 2.47. The van der Waals surface area contributed by atoms with E-state index in [2.05, 4.69) is 10.6 Å². The molecule has 6 rings (SSSR count). The van der Waals surface area contributed by atoms with Crippen LogP contribution in [0.25, 0.3) is 16.9 Å². The topological polar surface area (TPSA) is 79.3 Å². The summed E-state index contributed by atoms with van der Waals surface area (Å²) < 4.78 is 101. The third-order valence-electron chi connectivity index (χ3n) is 9.81. The lowest BCUT2D eigenvalue weighted by molar-refractivity contribution is -0.143. The molecule has 1 aliphatic rings. The highest BCUT2D eigenvalue weighted by Gasteiger charge is 2.45. The minimum atomic E-state index is -5.07. The number of urea groups is 1. The number of amides is 3. The van der Waals surface area contributed by atoms with Crippen molar-refractivity contribution in [2.75, 3.05) is 5.32 Å². The van der Waals surface area contributed by atoms with Gasteiger partial charge in [-0.2, -0.15) is 31.4 Å². The molecule has 1 aromatic heterocycles. The Labute approximate surface area is 317 Å². The molecule has 0 saturated carbocycles. The molecule has 0 bridgehead atoms. The molecule has 0 aliphatic carbocycles. The summed E-state index contributed by atoms with van der Waals surface area (Å²) in [5.74, 6) is -1.53. The van der Waals surface area contributed by atoms with E-state index in [1.54, 1.807) is 41.6 Å². The number of aryl methyl sites for hydroxylation is 2. The molecular weight excluding hydrogens is 751 g/mol. The normalized spacial score (nSPS) is 14.2. The van der Waals surface area contributed by atoms with Crippen LogP contribution in [-0.4, -0.2) is 26.6 Å². The first kappa shape index (κ1) is 39.5. The summed E-state index contributed by atoms with van der Waals surface area (Å²) >= 11 is 6.66. The number of carbonyl (C=O) groups excluding carboxylic acids is 2. The molecule has 0 radical (unpaired) electrons. The highest BCUT2D eigenvalue weighted by molar-refractivity contribution is 6.34. The van der Waals surface area contributed by atoms with Gasteiger partial charge in [-0.3, -0.25) is 15.0 Å². The first-order valence-corrected chi connectivity index (χ1v) is 17.7. The SMILES string of the molecule is CCc1cccc(CC)c1-n1nc2c(c1-c1cc(Cl)c(NC(=O)NC(=O)c3ccccc3)cc1F)CN(Cc1ccc(C(F)(F)F)cc1C(F)(F)F)C2(C)C. The average molecular weight is 786 g/mol. The molecule has 15 heteroatoms. The van der Waals surface area contributed by atoms with E-state index in [0.717, 1.165) is 23.3 Å². The zero-order valence-electron chi connectivity index (χ0n) is 30.0. The van der Waals surface area contributed by atoms with E-state index in [4.69, 9.17) is 16.7 Å². The van der Waals surface area contributed by atoms with E-state index >= 15 is 4.39 Å². The van der Waals surface area contributed by atoms with Crippen LogP contribution in [0.3, 0.4) is 0 Å². The van der Waals surface area contributed by atoms with Crippen LogP contribution in [0.5, 0.6) is 0 Å². The Bertz CT molecular complexity index is 2260. The predicted octanol–water partition coefficient (Wildman–Crippen LogP) is 10.7. The molecule has 1 aliphatic heterocycles. The van der Waals surface area contributed by atoms with Crippen molar-refractivity contribution in [1.82, 2.24) is 20.0 Å². The van der Waals surface area contributed by atoms with Crippen LogP contribution in [-0.2, 0) is 43.8 Å². The lowest BCUT2D eigenvalue weighted by atomic mass is 9.97. The van der Waals surface area contributed by atoms with Crippen molar-refractivity contribution in [3.8, 4) is 16.9 Å². The maximum Gasteiger partial charge on any atom is 0.416 e. The molecular formula is C40H35ClF7N5O2. The van der Waals surface area contributed by atoms with E-state index in [1.807, 2.05) is 32.0 Å². The molecule has 7 nitrogen and oxygen atoms in total. The fourth-order valence-corrected chi connectivity index (χ4v) is 7.12. The Kier molecular flexibility index (Phi) is 10.6. The van der Waals surface area contributed by atoms with E-state index in [0.29, 0.717) is 35.9 Å². The summed E-state index contributed by atoms with van der Waals surface area (Å²) in [4.78, 5) is 26.9. The maximum atomic E-state index is 16.5. The summed E-state index contributed by atoms with van der Waals surface area (Å²) in [6, 6.07) is 16.6. The van der Waals surface area contributed by atoms with Crippen LogP contribution in [0.4, 0.5) is 41.2 Å². The van der Waals surface area contributed by atoms with E-state index in [1.165, 1.54) is 18.2 Å². The Morgan fingerprint density at radius 2 is 1.51 bits per heavy atom. The highest BCUT2D eigenvalue weighted by atomic mass is 35.5. The van der Waals surface area contributed by atoms with Crippen LogP contribution in [0.15, 0.2) is 78.9 Å². The Morgan fingerprint density at radius 3 is 2.11 bits per heavy atom. The number of anilines is 1. The van der Waals surface area contributed by atoms with Crippen LogP contribution in [0.1, 0.15) is 77.1 Å². The number of halogens is 8.